The predicted molar refractivity (Wildman–Crippen MR) is 132 cm³/mol. The summed E-state index contributed by atoms with van der Waals surface area (Å²) in [7, 11) is 0. The van der Waals surface area contributed by atoms with Gasteiger partial charge in [0.1, 0.15) is 17.9 Å². The first kappa shape index (κ1) is 26.3. The number of nitrogens with zero attached hydrogens (tertiary/aromatic N) is 2. The number of quaternary nitrogens is 1. The van der Waals surface area contributed by atoms with Gasteiger partial charge >= 0.3 is 5.97 Å². The number of carbonyl (C=O) groups is 1. The topological polar surface area (TPSA) is 29.5 Å². The van der Waals surface area contributed by atoms with Crippen LogP contribution in [0.15, 0.2) is 54.6 Å². The molecule has 2 aromatic carbocycles. The van der Waals surface area contributed by atoms with Crippen LogP contribution in [0.1, 0.15) is 50.2 Å². The van der Waals surface area contributed by atoms with Gasteiger partial charge in [-0.2, -0.15) is 0 Å². The van der Waals surface area contributed by atoms with E-state index in [0.29, 0.717) is 5.92 Å². The third kappa shape index (κ3) is 5.50. The van der Waals surface area contributed by atoms with Crippen LogP contribution in [-0.2, 0) is 21.5 Å². The number of hydrogen-bond acceptors (Lipinski definition) is 3. The Balaban J connectivity index is 0.00000289. The molecule has 2 bridgehead atoms. The van der Waals surface area contributed by atoms with E-state index in [4.69, 9.17) is 4.74 Å². The molecule has 0 spiro atoms. The Morgan fingerprint density at radius 3 is 2.34 bits per heavy atom. The van der Waals surface area contributed by atoms with Gasteiger partial charge in [-0.25, -0.2) is 9.18 Å². The quantitative estimate of drug-likeness (QED) is 0.394. The van der Waals surface area contributed by atoms with Crippen LogP contribution in [0.4, 0.5) is 4.39 Å². The second-order valence-electron chi connectivity index (χ2n) is 10.8. The first-order valence-electron chi connectivity index (χ1n) is 13.1. The molecule has 0 radical (unpaired) electrons. The maximum Gasteiger partial charge on any atom is 0.331 e. The van der Waals surface area contributed by atoms with E-state index < -0.39 is 5.54 Å². The SMILES string of the molecule is C[C@](C(=O)O[C@H]1C[N+]2(CCc3ccc(F)cc3)CCC1CC2)(c1ccccc1)N1CCCCC1.[Br-]. The Hall–Kier alpha value is -1.76. The molecule has 0 aliphatic carbocycles. The number of carbonyl (C=O) groups excluding carboxylic acids is 1. The molecule has 0 unspecified atom stereocenters. The summed E-state index contributed by atoms with van der Waals surface area (Å²) in [5.74, 6) is 0.198. The average Bonchev–Trinajstić information content (AvgIpc) is 2.89. The molecule has 4 aliphatic rings. The van der Waals surface area contributed by atoms with Crippen LogP contribution < -0.4 is 17.0 Å². The van der Waals surface area contributed by atoms with Crippen LogP contribution >= 0.6 is 0 Å². The summed E-state index contributed by atoms with van der Waals surface area (Å²) in [6, 6.07) is 17.1. The van der Waals surface area contributed by atoms with Gasteiger partial charge in [0, 0.05) is 25.2 Å². The van der Waals surface area contributed by atoms with E-state index in [1.165, 1.54) is 12.0 Å². The molecular weight excluding hydrogens is 507 g/mol. The summed E-state index contributed by atoms with van der Waals surface area (Å²) in [6.45, 7) is 8.18. The zero-order valence-corrected chi connectivity index (χ0v) is 22.4. The van der Waals surface area contributed by atoms with E-state index in [1.807, 2.05) is 30.3 Å². The molecule has 4 heterocycles. The van der Waals surface area contributed by atoms with Gasteiger partial charge in [0.15, 0.2) is 6.10 Å². The first-order chi connectivity index (χ1) is 16.5. The van der Waals surface area contributed by atoms with Gasteiger partial charge in [0.25, 0.3) is 0 Å². The van der Waals surface area contributed by atoms with Crippen LogP contribution in [0.2, 0.25) is 0 Å². The molecular formula is C29H38BrFN2O2. The largest absolute Gasteiger partial charge is 1.00 e. The minimum atomic E-state index is -0.743. The minimum absolute atomic E-state index is 0. The van der Waals surface area contributed by atoms with Crippen LogP contribution in [0.3, 0.4) is 0 Å². The van der Waals surface area contributed by atoms with Crippen molar-refractivity contribution in [2.24, 2.45) is 5.92 Å². The highest BCUT2D eigenvalue weighted by molar-refractivity contribution is 5.82. The van der Waals surface area contributed by atoms with Gasteiger partial charge in [-0.05, 0) is 56.1 Å². The zero-order chi connectivity index (χ0) is 23.6. The molecule has 2 atom stereocenters. The fourth-order valence-electron chi connectivity index (χ4n) is 6.47. The molecule has 4 saturated heterocycles. The summed E-state index contributed by atoms with van der Waals surface area (Å²) in [4.78, 5) is 16.3. The third-order valence-corrected chi connectivity index (χ3v) is 8.81. The lowest BCUT2D eigenvalue weighted by molar-refractivity contribution is -0.946. The highest BCUT2D eigenvalue weighted by Crippen LogP contribution is 2.39. The number of halogens is 2. The third-order valence-electron chi connectivity index (χ3n) is 8.81. The highest BCUT2D eigenvalue weighted by Gasteiger charge is 2.50. The number of benzene rings is 2. The van der Waals surface area contributed by atoms with Gasteiger partial charge in [-0.1, -0.05) is 48.9 Å². The Morgan fingerprint density at radius 2 is 1.69 bits per heavy atom. The molecule has 4 fully saturated rings. The normalized spacial score (nSPS) is 28.1. The second-order valence-corrected chi connectivity index (χ2v) is 10.8. The Bertz CT molecular complexity index is 972. The van der Waals surface area contributed by atoms with Crippen molar-refractivity contribution in [2.45, 2.75) is 57.1 Å². The van der Waals surface area contributed by atoms with Crippen molar-refractivity contribution >= 4 is 5.97 Å². The number of piperidine rings is 4. The second kappa shape index (κ2) is 11.1. The van der Waals surface area contributed by atoms with Gasteiger partial charge in [-0.3, -0.25) is 4.90 Å². The van der Waals surface area contributed by atoms with Crippen molar-refractivity contribution in [3.05, 3.63) is 71.5 Å². The highest BCUT2D eigenvalue weighted by atomic mass is 79.9. The molecule has 6 rings (SSSR count). The lowest BCUT2D eigenvalue weighted by Crippen LogP contribution is -3.00. The number of esters is 1. The van der Waals surface area contributed by atoms with Crippen LogP contribution in [0.25, 0.3) is 0 Å². The van der Waals surface area contributed by atoms with Crippen LogP contribution in [0.5, 0.6) is 0 Å². The smallest absolute Gasteiger partial charge is 0.331 e. The number of rotatable bonds is 7. The molecule has 6 heteroatoms. The van der Waals surface area contributed by atoms with Crippen molar-refractivity contribution in [3.63, 3.8) is 0 Å². The monoisotopic (exact) mass is 544 g/mol. The summed E-state index contributed by atoms with van der Waals surface area (Å²) >= 11 is 0. The fourth-order valence-corrected chi connectivity index (χ4v) is 6.47. The minimum Gasteiger partial charge on any atom is -1.00 e. The zero-order valence-electron chi connectivity index (χ0n) is 20.8. The van der Waals surface area contributed by atoms with Gasteiger partial charge < -0.3 is 26.2 Å². The van der Waals surface area contributed by atoms with Gasteiger partial charge in [0.05, 0.1) is 19.6 Å². The van der Waals surface area contributed by atoms with E-state index in [9.17, 15) is 9.18 Å². The predicted octanol–water partition coefficient (Wildman–Crippen LogP) is 1.93. The van der Waals surface area contributed by atoms with Crippen LogP contribution in [0, 0.1) is 11.7 Å². The molecule has 190 valence electrons. The maximum atomic E-state index is 13.9. The standard InChI is InChI=1S/C29H38FN2O2.BrH/c1-29(25-8-4-2-5-9-25,31-17-6-3-7-18-31)28(33)34-27-22-32(20-15-24(27)16-21-32)19-14-23-10-12-26(30)13-11-23;/h2,4-5,8-13,24,27H,3,6-7,14-22H2,1H3;1H/q+1;/p-1/t24?,27-,29+,32?;/m0./s1. The average molecular weight is 546 g/mol. The summed E-state index contributed by atoms with van der Waals surface area (Å²) in [5, 5.41) is 0. The van der Waals surface area contributed by atoms with E-state index in [-0.39, 0.29) is 34.9 Å². The van der Waals surface area contributed by atoms with Crippen molar-refractivity contribution in [3.8, 4) is 0 Å². The van der Waals surface area contributed by atoms with Gasteiger partial charge in [-0.15, -0.1) is 0 Å². The maximum absolute atomic E-state index is 13.9. The molecule has 2 aromatic rings. The van der Waals surface area contributed by atoms with Crippen molar-refractivity contribution in [1.82, 2.24) is 4.90 Å². The van der Waals surface area contributed by atoms with E-state index >= 15 is 0 Å². The number of ether oxygens (including phenoxy) is 1. The molecule has 4 nitrogen and oxygen atoms in total. The molecule has 0 saturated carbocycles. The van der Waals surface area contributed by atoms with Crippen molar-refractivity contribution in [1.29, 1.82) is 0 Å². The summed E-state index contributed by atoms with van der Waals surface area (Å²) in [5.41, 5.74) is 1.47. The first-order valence-corrected chi connectivity index (χ1v) is 13.1. The molecule has 0 N–H and O–H groups in total. The molecule has 35 heavy (non-hydrogen) atoms. The van der Waals surface area contributed by atoms with Crippen LogP contribution in [-0.4, -0.2) is 60.7 Å². The lowest BCUT2D eigenvalue weighted by Gasteiger charge is -2.53. The summed E-state index contributed by atoms with van der Waals surface area (Å²) < 4.78 is 20.8. The van der Waals surface area contributed by atoms with E-state index in [1.54, 1.807) is 12.1 Å². The van der Waals surface area contributed by atoms with E-state index in [0.717, 1.165) is 81.4 Å². The Labute approximate surface area is 219 Å². The number of likely N-dealkylation sites (tertiary alicyclic amines) is 1. The Morgan fingerprint density at radius 1 is 1.03 bits per heavy atom. The van der Waals surface area contributed by atoms with E-state index in [2.05, 4.69) is 24.0 Å². The Kier molecular flexibility index (Phi) is 8.34. The fraction of sp³-hybridized carbons (Fsp3) is 0.552. The number of hydrogen-bond donors (Lipinski definition) is 0. The van der Waals surface area contributed by atoms with Gasteiger partial charge in [0.2, 0.25) is 0 Å². The molecule has 0 aromatic heterocycles. The van der Waals surface area contributed by atoms with Crippen molar-refractivity contribution in [2.75, 3.05) is 39.3 Å². The lowest BCUT2D eigenvalue weighted by atomic mass is 9.82. The number of fused-ring (bicyclic) bond motifs is 3. The summed E-state index contributed by atoms with van der Waals surface area (Å²) in [6.07, 6.45) is 6.64. The molecule has 0 amide bonds. The van der Waals surface area contributed by atoms with Crippen molar-refractivity contribution < 1.29 is 35.4 Å². The molecule has 4 aliphatic heterocycles.